The first-order valence-electron chi connectivity index (χ1n) is 7.09. The standard InChI is InChI=1S/C18H16O4/c1-9-3-5-12-15(8-16(19)20)14-7-11(18(21)22)4-6-13(14)17(12)10(9)2/h3-7,15H,8H2,1-2H3,(H,19,20)(H,21,22). The number of benzene rings is 2. The Morgan fingerprint density at radius 2 is 1.77 bits per heavy atom. The number of hydrogen-bond donors (Lipinski definition) is 2. The molecule has 0 aliphatic heterocycles. The summed E-state index contributed by atoms with van der Waals surface area (Å²) in [6.07, 6.45) is -0.0361. The number of carbonyl (C=O) groups is 2. The molecule has 0 bridgehead atoms. The van der Waals surface area contributed by atoms with Crippen LogP contribution in [0.2, 0.25) is 0 Å². The smallest absolute Gasteiger partial charge is 0.335 e. The molecule has 0 saturated carbocycles. The molecular weight excluding hydrogens is 280 g/mol. The van der Waals surface area contributed by atoms with Gasteiger partial charge < -0.3 is 10.2 Å². The Morgan fingerprint density at radius 1 is 1.05 bits per heavy atom. The highest BCUT2D eigenvalue weighted by Crippen LogP contribution is 2.48. The second-order valence-corrected chi connectivity index (χ2v) is 5.73. The van der Waals surface area contributed by atoms with E-state index in [9.17, 15) is 19.8 Å². The van der Waals surface area contributed by atoms with Crippen LogP contribution in [0.3, 0.4) is 0 Å². The Hall–Kier alpha value is -2.62. The van der Waals surface area contributed by atoms with Crippen LogP contribution >= 0.6 is 0 Å². The SMILES string of the molecule is Cc1ccc2c(c1C)-c1ccc(C(=O)O)cc1C2CC(=O)O. The Labute approximate surface area is 128 Å². The van der Waals surface area contributed by atoms with Crippen molar-refractivity contribution in [1.82, 2.24) is 0 Å². The first kappa shape index (κ1) is 14.3. The highest BCUT2D eigenvalue weighted by molar-refractivity contribution is 5.91. The molecule has 0 heterocycles. The highest BCUT2D eigenvalue weighted by atomic mass is 16.4. The van der Waals surface area contributed by atoms with Crippen molar-refractivity contribution in [2.24, 2.45) is 0 Å². The number of fused-ring (bicyclic) bond motifs is 3. The molecule has 2 aromatic rings. The van der Waals surface area contributed by atoms with Gasteiger partial charge in [0.2, 0.25) is 0 Å². The van der Waals surface area contributed by atoms with Gasteiger partial charge in [0.05, 0.1) is 12.0 Å². The van der Waals surface area contributed by atoms with Gasteiger partial charge in [0.25, 0.3) is 0 Å². The van der Waals surface area contributed by atoms with Gasteiger partial charge in [-0.3, -0.25) is 4.79 Å². The molecule has 0 amide bonds. The van der Waals surface area contributed by atoms with E-state index >= 15 is 0 Å². The molecule has 112 valence electrons. The largest absolute Gasteiger partial charge is 0.481 e. The van der Waals surface area contributed by atoms with Crippen LogP contribution in [0.15, 0.2) is 30.3 Å². The van der Waals surface area contributed by atoms with Gasteiger partial charge in [-0.25, -0.2) is 4.79 Å². The van der Waals surface area contributed by atoms with Crippen LogP contribution in [0.25, 0.3) is 11.1 Å². The lowest BCUT2D eigenvalue weighted by Crippen LogP contribution is -2.06. The maximum absolute atomic E-state index is 11.2. The number of aromatic carboxylic acids is 1. The van der Waals surface area contributed by atoms with Crippen LogP contribution in [0.5, 0.6) is 0 Å². The van der Waals surface area contributed by atoms with Crippen molar-refractivity contribution in [2.45, 2.75) is 26.2 Å². The van der Waals surface area contributed by atoms with E-state index in [-0.39, 0.29) is 17.9 Å². The number of hydrogen-bond acceptors (Lipinski definition) is 2. The zero-order valence-corrected chi connectivity index (χ0v) is 12.4. The summed E-state index contributed by atoms with van der Waals surface area (Å²) in [7, 11) is 0. The highest BCUT2D eigenvalue weighted by Gasteiger charge is 2.32. The first-order valence-corrected chi connectivity index (χ1v) is 7.09. The molecular formula is C18H16O4. The monoisotopic (exact) mass is 296 g/mol. The van der Waals surface area contributed by atoms with Gasteiger partial charge in [0.15, 0.2) is 0 Å². The van der Waals surface area contributed by atoms with Crippen LogP contribution in [0.1, 0.15) is 45.0 Å². The van der Waals surface area contributed by atoms with E-state index in [1.165, 1.54) is 0 Å². The molecule has 1 unspecified atom stereocenters. The van der Waals surface area contributed by atoms with Crippen molar-refractivity contribution in [3.8, 4) is 11.1 Å². The fourth-order valence-electron chi connectivity index (χ4n) is 3.26. The normalized spacial score (nSPS) is 15.3. The average molecular weight is 296 g/mol. The van der Waals surface area contributed by atoms with E-state index in [0.29, 0.717) is 0 Å². The van der Waals surface area contributed by atoms with Gasteiger partial charge in [-0.1, -0.05) is 18.2 Å². The van der Waals surface area contributed by atoms with Gasteiger partial charge in [0, 0.05) is 5.92 Å². The van der Waals surface area contributed by atoms with Crippen LogP contribution in [-0.2, 0) is 4.79 Å². The van der Waals surface area contributed by atoms with Gasteiger partial charge in [-0.05, 0) is 59.4 Å². The van der Waals surface area contributed by atoms with Crippen LogP contribution in [0.4, 0.5) is 0 Å². The lowest BCUT2D eigenvalue weighted by atomic mass is 9.91. The van der Waals surface area contributed by atoms with E-state index in [1.807, 2.05) is 26.0 Å². The van der Waals surface area contributed by atoms with Crippen molar-refractivity contribution >= 4 is 11.9 Å². The van der Waals surface area contributed by atoms with Crippen molar-refractivity contribution in [1.29, 1.82) is 0 Å². The summed E-state index contributed by atoms with van der Waals surface area (Å²) in [5.74, 6) is -2.18. The summed E-state index contributed by atoms with van der Waals surface area (Å²) in [5.41, 5.74) is 6.23. The Morgan fingerprint density at radius 3 is 2.41 bits per heavy atom. The first-order chi connectivity index (χ1) is 10.4. The molecule has 3 rings (SSSR count). The van der Waals surface area contributed by atoms with Crippen molar-refractivity contribution in [3.63, 3.8) is 0 Å². The Bertz CT molecular complexity index is 805. The molecule has 2 N–H and O–H groups in total. The summed E-state index contributed by atoms with van der Waals surface area (Å²) in [4.78, 5) is 22.4. The fraction of sp³-hybridized carbons (Fsp3) is 0.222. The van der Waals surface area contributed by atoms with Gasteiger partial charge >= 0.3 is 11.9 Å². The number of aryl methyl sites for hydroxylation is 1. The van der Waals surface area contributed by atoms with E-state index in [2.05, 4.69) is 0 Å². The Balaban J connectivity index is 2.27. The van der Waals surface area contributed by atoms with Crippen molar-refractivity contribution in [2.75, 3.05) is 0 Å². The second-order valence-electron chi connectivity index (χ2n) is 5.73. The summed E-state index contributed by atoms with van der Waals surface area (Å²) >= 11 is 0. The van der Waals surface area contributed by atoms with Crippen molar-refractivity contribution in [3.05, 3.63) is 58.1 Å². The van der Waals surface area contributed by atoms with Crippen LogP contribution < -0.4 is 0 Å². The third-order valence-electron chi connectivity index (χ3n) is 4.47. The number of carboxylic acid groups (broad SMARTS) is 2. The van der Waals surface area contributed by atoms with Gasteiger partial charge in [-0.15, -0.1) is 0 Å². The molecule has 1 aliphatic carbocycles. The number of aliphatic carboxylic acids is 1. The Kier molecular flexibility index (Phi) is 3.24. The van der Waals surface area contributed by atoms with Crippen LogP contribution in [-0.4, -0.2) is 22.2 Å². The predicted octanol–water partition coefficient (Wildman–Crippen LogP) is 3.59. The summed E-state index contributed by atoms with van der Waals surface area (Å²) in [6, 6.07) is 8.94. The molecule has 0 spiro atoms. The topological polar surface area (TPSA) is 74.6 Å². The molecule has 1 atom stereocenters. The minimum absolute atomic E-state index is 0.0361. The van der Waals surface area contributed by atoms with E-state index in [1.54, 1.807) is 18.2 Å². The molecule has 0 radical (unpaired) electrons. The minimum Gasteiger partial charge on any atom is -0.481 e. The molecule has 0 saturated heterocycles. The molecule has 2 aromatic carbocycles. The number of rotatable bonds is 3. The molecule has 4 heteroatoms. The summed E-state index contributed by atoms with van der Waals surface area (Å²) in [5, 5.41) is 18.4. The lowest BCUT2D eigenvalue weighted by Gasteiger charge is -2.12. The summed E-state index contributed by atoms with van der Waals surface area (Å²) < 4.78 is 0. The average Bonchev–Trinajstić information content (AvgIpc) is 2.76. The maximum atomic E-state index is 11.2. The summed E-state index contributed by atoms with van der Waals surface area (Å²) in [6.45, 7) is 4.04. The molecule has 1 aliphatic rings. The second kappa shape index (κ2) is 4.98. The van der Waals surface area contributed by atoms with E-state index in [0.717, 1.165) is 33.4 Å². The zero-order valence-electron chi connectivity index (χ0n) is 12.4. The third-order valence-corrected chi connectivity index (χ3v) is 4.47. The van der Waals surface area contributed by atoms with Gasteiger partial charge in [-0.2, -0.15) is 0 Å². The van der Waals surface area contributed by atoms with Gasteiger partial charge in [0.1, 0.15) is 0 Å². The molecule has 4 nitrogen and oxygen atoms in total. The number of carboxylic acids is 2. The molecule has 0 aromatic heterocycles. The van der Waals surface area contributed by atoms with E-state index < -0.39 is 11.9 Å². The van der Waals surface area contributed by atoms with Crippen molar-refractivity contribution < 1.29 is 19.8 Å². The third kappa shape index (κ3) is 2.08. The van der Waals surface area contributed by atoms with E-state index in [4.69, 9.17) is 0 Å². The predicted molar refractivity (Wildman–Crippen MR) is 82.4 cm³/mol. The lowest BCUT2D eigenvalue weighted by molar-refractivity contribution is -0.137. The maximum Gasteiger partial charge on any atom is 0.335 e. The fourth-order valence-corrected chi connectivity index (χ4v) is 3.26. The molecule has 22 heavy (non-hydrogen) atoms. The quantitative estimate of drug-likeness (QED) is 0.907. The zero-order chi connectivity index (χ0) is 16.0. The minimum atomic E-state index is -0.999. The van der Waals surface area contributed by atoms with Crippen LogP contribution in [0, 0.1) is 13.8 Å². The molecule has 0 fully saturated rings.